The number of esters is 2. The van der Waals surface area contributed by atoms with Crippen molar-refractivity contribution >= 4 is 11.9 Å². The Labute approximate surface area is 422 Å². The van der Waals surface area contributed by atoms with Crippen molar-refractivity contribution in [3.05, 3.63) is 97.2 Å². The van der Waals surface area contributed by atoms with Gasteiger partial charge in [0.1, 0.15) is 6.61 Å². The maximum absolute atomic E-state index is 12.9. The zero-order chi connectivity index (χ0) is 49.2. The number of unbranched alkanes of at least 4 members (excludes halogenated alkanes) is 25. The van der Waals surface area contributed by atoms with E-state index in [4.69, 9.17) is 14.2 Å². The van der Waals surface area contributed by atoms with E-state index in [1.165, 1.54) is 116 Å². The summed E-state index contributed by atoms with van der Waals surface area (Å²) in [5.74, 6) is -0.442. The SMILES string of the molecule is CC/C=C\C/C=C\C/C=C\C/C=C\CCCCCCC(=O)OCC(COCCCCCCCCCCCC/C=C\CCCCCCCC)OC(=O)CCCCCCC/C=C\C/C=C\C/C=C\CC. The van der Waals surface area contributed by atoms with Crippen LogP contribution in [0.3, 0.4) is 0 Å². The molecule has 0 aromatic rings. The average Bonchev–Trinajstić information content (AvgIpc) is 3.34. The third-order valence-corrected chi connectivity index (χ3v) is 12.1. The molecule has 0 spiro atoms. The molecule has 1 unspecified atom stereocenters. The van der Waals surface area contributed by atoms with E-state index in [1.807, 2.05) is 0 Å². The van der Waals surface area contributed by atoms with E-state index in [1.54, 1.807) is 0 Å². The van der Waals surface area contributed by atoms with Crippen LogP contribution < -0.4 is 0 Å². The predicted molar refractivity (Wildman–Crippen MR) is 297 cm³/mol. The summed E-state index contributed by atoms with van der Waals surface area (Å²) >= 11 is 0. The van der Waals surface area contributed by atoms with Crippen LogP contribution in [-0.2, 0) is 23.8 Å². The molecule has 0 heterocycles. The number of carbonyl (C=O) groups excluding carboxylic acids is 2. The smallest absolute Gasteiger partial charge is 0.306 e. The summed E-state index contributed by atoms with van der Waals surface area (Å²) in [6.45, 7) is 7.57. The molecular weight excluding hydrogens is 837 g/mol. The molecule has 1 atom stereocenters. The summed E-state index contributed by atoms with van der Waals surface area (Å²) < 4.78 is 17.5. The highest BCUT2D eigenvalue weighted by atomic mass is 16.6. The minimum atomic E-state index is -0.562. The van der Waals surface area contributed by atoms with Gasteiger partial charge in [0.15, 0.2) is 6.10 Å². The van der Waals surface area contributed by atoms with Crippen LogP contribution >= 0.6 is 0 Å². The summed E-state index contributed by atoms with van der Waals surface area (Å²) in [6.07, 6.45) is 78.6. The first-order valence-corrected chi connectivity index (χ1v) is 28.8. The lowest BCUT2D eigenvalue weighted by atomic mass is 10.1. The standard InChI is InChI=1S/C63H108O5/c1-4-7-10-13-16-19-22-25-28-30-31-32-34-37-40-43-46-49-52-55-58-66-59-61(68-63(65)57-54-51-48-45-42-39-35-27-24-21-18-15-12-9-6-3)60-67-62(64)56-53-50-47-44-41-38-36-33-29-26-23-20-17-14-11-8-5-2/h8-9,11-12,17-18,20-21,25-29,35-36,38,61H,4-7,10,13-16,19,22-24,30-34,37,39-60H2,1-3H3/b11-8-,12-9-,20-17-,21-18-,28-25-,29-26-,35-27-,38-36-. The van der Waals surface area contributed by atoms with Gasteiger partial charge in [-0.2, -0.15) is 0 Å². The summed E-state index contributed by atoms with van der Waals surface area (Å²) in [7, 11) is 0. The first-order valence-electron chi connectivity index (χ1n) is 28.8. The molecule has 0 aromatic carbocycles. The zero-order valence-electron chi connectivity index (χ0n) is 44.8. The summed E-state index contributed by atoms with van der Waals surface area (Å²) in [4.78, 5) is 25.5. The quantitative estimate of drug-likeness (QED) is 0.0345. The molecule has 5 nitrogen and oxygen atoms in total. The van der Waals surface area contributed by atoms with Gasteiger partial charge >= 0.3 is 11.9 Å². The van der Waals surface area contributed by atoms with Crippen molar-refractivity contribution in [1.82, 2.24) is 0 Å². The summed E-state index contributed by atoms with van der Waals surface area (Å²) in [5, 5.41) is 0. The van der Waals surface area contributed by atoms with Gasteiger partial charge < -0.3 is 14.2 Å². The van der Waals surface area contributed by atoms with Gasteiger partial charge in [-0.05, 0) is 116 Å². The van der Waals surface area contributed by atoms with E-state index in [2.05, 4.69) is 118 Å². The van der Waals surface area contributed by atoms with Crippen molar-refractivity contribution in [2.24, 2.45) is 0 Å². The molecule has 0 radical (unpaired) electrons. The van der Waals surface area contributed by atoms with Crippen LogP contribution in [0.5, 0.6) is 0 Å². The molecule has 0 rings (SSSR count). The zero-order valence-corrected chi connectivity index (χ0v) is 44.8. The molecule has 0 fully saturated rings. The first-order chi connectivity index (χ1) is 33.6. The topological polar surface area (TPSA) is 61.8 Å². The molecule has 0 amide bonds. The first kappa shape index (κ1) is 64.8. The van der Waals surface area contributed by atoms with Gasteiger partial charge in [0.25, 0.3) is 0 Å². The predicted octanol–water partition coefficient (Wildman–Crippen LogP) is 19.8. The number of hydrogen-bond acceptors (Lipinski definition) is 5. The number of rotatable bonds is 52. The highest BCUT2D eigenvalue weighted by molar-refractivity contribution is 5.70. The normalized spacial score (nSPS) is 12.9. The summed E-state index contributed by atoms with van der Waals surface area (Å²) in [5.41, 5.74) is 0. The van der Waals surface area contributed by atoms with Crippen molar-refractivity contribution in [1.29, 1.82) is 0 Å². The molecule has 68 heavy (non-hydrogen) atoms. The van der Waals surface area contributed by atoms with E-state index in [0.29, 0.717) is 19.4 Å². The minimum Gasteiger partial charge on any atom is -0.462 e. The average molecular weight is 946 g/mol. The van der Waals surface area contributed by atoms with Gasteiger partial charge in [-0.1, -0.05) is 234 Å². The fraction of sp³-hybridized carbons (Fsp3) is 0.714. The van der Waals surface area contributed by atoms with Gasteiger partial charge in [0.05, 0.1) is 6.61 Å². The van der Waals surface area contributed by atoms with E-state index in [0.717, 1.165) is 116 Å². The second kappa shape index (κ2) is 58.1. The minimum absolute atomic E-state index is 0.0611. The number of ether oxygens (including phenoxy) is 3. The molecule has 0 saturated carbocycles. The molecule has 390 valence electrons. The Kier molecular flexibility index (Phi) is 55.4. The number of carbonyl (C=O) groups is 2. The van der Waals surface area contributed by atoms with Crippen LogP contribution in [0.1, 0.15) is 265 Å². The van der Waals surface area contributed by atoms with E-state index in [9.17, 15) is 9.59 Å². The van der Waals surface area contributed by atoms with Gasteiger partial charge in [-0.15, -0.1) is 0 Å². The Morgan fingerprint density at radius 1 is 0.338 bits per heavy atom. The number of allylic oxidation sites excluding steroid dienone is 16. The van der Waals surface area contributed by atoms with Crippen molar-refractivity contribution in [2.75, 3.05) is 19.8 Å². The molecule has 0 aromatic heterocycles. The van der Waals surface area contributed by atoms with Crippen LogP contribution in [-0.4, -0.2) is 37.9 Å². The maximum atomic E-state index is 12.9. The molecular formula is C63H108O5. The number of hydrogen-bond donors (Lipinski definition) is 0. The largest absolute Gasteiger partial charge is 0.462 e. The van der Waals surface area contributed by atoms with E-state index < -0.39 is 6.10 Å². The summed E-state index contributed by atoms with van der Waals surface area (Å²) in [6, 6.07) is 0. The van der Waals surface area contributed by atoms with Crippen LogP contribution in [0, 0.1) is 0 Å². The van der Waals surface area contributed by atoms with Gasteiger partial charge in [0.2, 0.25) is 0 Å². The Balaban J connectivity index is 4.33. The third-order valence-electron chi connectivity index (χ3n) is 12.1. The molecule has 5 heteroatoms. The van der Waals surface area contributed by atoms with Crippen LogP contribution in [0.25, 0.3) is 0 Å². The lowest BCUT2D eigenvalue weighted by Crippen LogP contribution is -2.30. The molecule has 0 saturated heterocycles. The second-order valence-electron chi connectivity index (χ2n) is 18.8. The highest BCUT2D eigenvalue weighted by Gasteiger charge is 2.17. The third kappa shape index (κ3) is 55.4. The second-order valence-corrected chi connectivity index (χ2v) is 18.8. The lowest BCUT2D eigenvalue weighted by molar-refractivity contribution is -0.163. The lowest BCUT2D eigenvalue weighted by Gasteiger charge is -2.18. The molecule has 0 aliphatic rings. The van der Waals surface area contributed by atoms with Crippen molar-refractivity contribution in [3.63, 3.8) is 0 Å². The Morgan fingerprint density at radius 3 is 1.07 bits per heavy atom. The van der Waals surface area contributed by atoms with Crippen molar-refractivity contribution < 1.29 is 23.8 Å². The van der Waals surface area contributed by atoms with E-state index in [-0.39, 0.29) is 25.2 Å². The fourth-order valence-electron chi connectivity index (χ4n) is 7.86. The molecule has 0 aliphatic carbocycles. The van der Waals surface area contributed by atoms with Gasteiger partial charge in [0, 0.05) is 19.4 Å². The van der Waals surface area contributed by atoms with E-state index >= 15 is 0 Å². The Bertz CT molecular complexity index is 1300. The Hall–Kier alpha value is -3.18. The van der Waals surface area contributed by atoms with Gasteiger partial charge in [-0.25, -0.2) is 0 Å². The Morgan fingerprint density at radius 2 is 0.662 bits per heavy atom. The van der Waals surface area contributed by atoms with Crippen molar-refractivity contribution in [2.45, 2.75) is 271 Å². The monoisotopic (exact) mass is 945 g/mol. The fourth-order valence-corrected chi connectivity index (χ4v) is 7.86. The van der Waals surface area contributed by atoms with Crippen molar-refractivity contribution in [3.8, 4) is 0 Å². The van der Waals surface area contributed by atoms with Crippen LogP contribution in [0.2, 0.25) is 0 Å². The molecule has 0 bridgehead atoms. The molecule has 0 aliphatic heterocycles. The highest BCUT2D eigenvalue weighted by Crippen LogP contribution is 2.14. The van der Waals surface area contributed by atoms with Crippen LogP contribution in [0.4, 0.5) is 0 Å². The molecule has 0 N–H and O–H groups in total. The van der Waals surface area contributed by atoms with Crippen LogP contribution in [0.15, 0.2) is 97.2 Å². The van der Waals surface area contributed by atoms with Gasteiger partial charge in [-0.3, -0.25) is 9.59 Å². The maximum Gasteiger partial charge on any atom is 0.306 e.